The van der Waals surface area contributed by atoms with Crippen LogP contribution in [0, 0.1) is 6.92 Å². The molecule has 1 aliphatic heterocycles. The maximum Gasteiger partial charge on any atom is 0.573 e. The average Bonchev–Trinajstić information content (AvgIpc) is 3.62. The smallest absolute Gasteiger partial charge is 0.406 e. The Morgan fingerprint density at radius 2 is 1.82 bits per heavy atom. The van der Waals surface area contributed by atoms with Crippen LogP contribution >= 0.6 is 11.8 Å². The van der Waals surface area contributed by atoms with Crippen molar-refractivity contribution in [1.82, 2.24) is 20.1 Å². The SMILES string of the molecule is Cc1ccc(C(C)C)c(N2C(=O)CS/C2=N\C(=O)NCCCc2ccc(-c3ncn(-c4ccc(OC(F)(F)F)cc4)n3)cc2)c1. The Balaban J connectivity index is 1.13. The Morgan fingerprint density at radius 1 is 1.09 bits per heavy atom. The van der Waals surface area contributed by atoms with Crippen LogP contribution in [0.4, 0.5) is 23.7 Å². The van der Waals surface area contributed by atoms with E-state index in [0.717, 1.165) is 27.9 Å². The number of nitrogens with one attached hydrogen (secondary N) is 1. The molecule has 0 spiro atoms. The third-order valence-electron chi connectivity index (χ3n) is 6.97. The van der Waals surface area contributed by atoms with Crippen molar-refractivity contribution in [2.45, 2.75) is 45.9 Å². The summed E-state index contributed by atoms with van der Waals surface area (Å²) in [6.45, 7) is 6.51. The van der Waals surface area contributed by atoms with Gasteiger partial charge in [0.2, 0.25) is 5.91 Å². The molecule has 5 rings (SSSR count). The maximum atomic E-state index is 12.7. The van der Waals surface area contributed by atoms with Crippen molar-refractivity contribution in [3.8, 4) is 22.8 Å². The number of aromatic nitrogens is 3. The molecule has 1 N–H and O–H groups in total. The molecular formula is C32H31F3N6O3S. The number of amides is 3. The quantitative estimate of drug-likeness (QED) is 0.198. The topological polar surface area (TPSA) is 102 Å². The molecule has 0 unspecified atom stereocenters. The summed E-state index contributed by atoms with van der Waals surface area (Å²) in [5.41, 5.74) is 5.18. The minimum Gasteiger partial charge on any atom is -0.406 e. The highest BCUT2D eigenvalue weighted by atomic mass is 32.2. The van der Waals surface area contributed by atoms with Gasteiger partial charge in [0.1, 0.15) is 12.1 Å². The molecule has 13 heteroatoms. The standard InChI is InChI=1S/C32H31F3N6O3S/c1-20(2)26-15-6-21(3)17-27(26)41-28(42)18-45-31(41)38-30(43)36-16-4-5-22-7-9-23(10-8-22)29-37-19-40(39-29)24-11-13-25(14-12-24)44-32(33,34)35/h6-15,17,19-20H,4-5,16,18H2,1-3H3,(H,36,43)/b38-31-. The normalized spacial score (nSPS) is 14.4. The Kier molecular flexibility index (Phi) is 9.57. The van der Waals surface area contributed by atoms with Crippen LogP contribution in [0.15, 0.2) is 78.0 Å². The highest BCUT2D eigenvalue weighted by Crippen LogP contribution is 2.34. The number of ether oxygens (including phenoxy) is 1. The van der Waals surface area contributed by atoms with E-state index in [-0.39, 0.29) is 23.3 Å². The fraction of sp³-hybridized carbons (Fsp3) is 0.281. The van der Waals surface area contributed by atoms with Crippen LogP contribution in [0.1, 0.15) is 42.9 Å². The molecule has 45 heavy (non-hydrogen) atoms. The molecule has 1 saturated heterocycles. The second-order valence-electron chi connectivity index (χ2n) is 10.7. The molecule has 0 radical (unpaired) electrons. The van der Waals surface area contributed by atoms with E-state index in [1.165, 1.54) is 47.0 Å². The van der Waals surface area contributed by atoms with Gasteiger partial charge in [-0.05, 0) is 72.7 Å². The lowest BCUT2D eigenvalue weighted by Crippen LogP contribution is -2.32. The maximum absolute atomic E-state index is 12.7. The molecule has 9 nitrogen and oxygen atoms in total. The van der Waals surface area contributed by atoms with Crippen molar-refractivity contribution in [3.63, 3.8) is 0 Å². The molecule has 0 bridgehead atoms. The van der Waals surface area contributed by atoms with E-state index in [4.69, 9.17) is 0 Å². The number of amidine groups is 1. The molecule has 1 aromatic heterocycles. The third kappa shape index (κ3) is 8.09. The number of hydrogen-bond donors (Lipinski definition) is 1. The largest absolute Gasteiger partial charge is 0.573 e. The van der Waals surface area contributed by atoms with Gasteiger partial charge in [-0.25, -0.2) is 14.5 Å². The number of carbonyl (C=O) groups excluding carboxylic acids is 2. The van der Waals surface area contributed by atoms with Gasteiger partial charge in [-0.2, -0.15) is 4.99 Å². The number of thioether (sulfide) groups is 1. The van der Waals surface area contributed by atoms with Crippen LogP contribution in [0.5, 0.6) is 5.75 Å². The monoisotopic (exact) mass is 636 g/mol. The zero-order valence-electron chi connectivity index (χ0n) is 24.8. The van der Waals surface area contributed by atoms with E-state index in [0.29, 0.717) is 36.1 Å². The molecule has 1 aliphatic rings. The molecule has 234 valence electrons. The van der Waals surface area contributed by atoms with Gasteiger partial charge in [-0.1, -0.05) is 62.0 Å². The minimum atomic E-state index is -4.75. The number of urea groups is 1. The zero-order valence-corrected chi connectivity index (χ0v) is 25.7. The van der Waals surface area contributed by atoms with Crippen molar-refractivity contribution >= 4 is 34.6 Å². The molecule has 0 aliphatic carbocycles. The zero-order chi connectivity index (χ0) is 32.1. The lowest BCUT2D eigenvalue weighted by Gasteiger charge is -2.22. The second-order valence-corrected chi connectivity index (χ2v) is 11.7. The molecule has 0 atom stereocenters. The lowest BCUT2D eigenvalue weighted by atomic mass is 9.99. The molecule has 3 amide bonds. The van der Waals surface area contributed by atoms with Crippen molar-refractivity contribution in [2.75, 3.05) is 17.2 Å². The molecule has 1 fully saturated rings. The summed E-state index contributed by atoms with van der Waals surface area (Å²) in [6, 6.07) is 18.5. The highest BCUT2D eigenvalue weighted by Gasteiger charge is 2.33. The lowest BCUT2D eigenvalue weighted by molar-refractivity contribution is -0.274. The summed E-state index contributed by atoms with van der Waals surface area (Å²) >= 11 is 1.26. The van der Waals surface area contributed by atoms with Crippen LogP contribution < -0.4 is 15.0 Å². The number of alkyl halides is 3. The van der Waals surface area contributed by atoms with Gasteiger partial charge in [0.25, 0.3) is 0 Å². The first-order valence-electron chi connectivity index (χ1n) is 14.3. The van der Waals surface area contributed by atoms with Crippen LogP contribution in [-0.2, 0) is 11.2 Å². The van der Waals surface area contributed by atoms with Gasteiger partial charge in [0.05, 0.1) is 17.1 Å². The van der Waals surface area contributed by atoms with Crippen LogP contribution in [0.3, 0.4) is 0 Å². The first-order valence-corrected chi connectivity index (χ1v) is 15.3. The Hall–Kier alpha value is -4.65. The molecule has 3 aromatic carbocycles. The van der Waals surface area contributed by atoms with Gasteiger partial charge in [-0.3, -0.25) is 9.69 Å². The second kappa shape index (κ2) is 13.6. The number of benzene rings is 3. The predicted octanol–water partition coefficient (Wildman–Crippen LogP) is 7.04. The third-order valence-corrected chi connectivity index (χ3v) is 7.89. The summed E-state index contributed by atoms with van der Waals surface area (Å²) in [4.78, 5) is 35.5. The number of carbonyl (C=O) groups is 2. The van der Waals surface area contributed by atoms with Crippen LogP contribution in [0.25, 0.3) is 17.1 Å². The van der Waals surface area contributed by atoms with Crippen molar-refractivity contribution in [1.29, 1.82) is 0 Å². The highest BCUT2D eigenvalue weighted by molar-refractivity contribution is 8.15. The van der Waals surface area contributed by atoms with Gasteiger partial charge >= 0.3 is 12.4 Å². The van der Waals surface area contributed by atoms with Crippen molar-refractivity contribution < 1.29 is 27.5 Å². The van der Waals surface area contributed by atoms with Gasteiger partial charge in [-0.15, -0.1) is 18.3 Å². The van der Waals surface area contributed by atoms with E-state index >= 15 is 0 Å². The average molecular weight is 637 g/mol. The summed E-state index contributed by atoms with van der Waals surface area (Å²) in [6.07, 6.45) is -1.87. The first-order chi connectivity index (χ1) is 21.5. The first kappa shape index (κ1) is 31.8. The summed E-state index contributed by atoms with van der Waals surface area (Å²) in [7, 11) is 0. The fourth-order valence-electron chi connectivity index (χ4n) is 4.77. The Labute approximate surface area is 262 Å². The van der Waals surface area contributed by atoms with E-state index < -0.39 is 12.4 Å². The number of aryl methyl sites for hydroxylation is 2. The molecule has 4 aromatic rings. The number of anilines is 1. The fourth-order valence-corrected chi connectivity index (χ4v) is 5.63. The summed E-state index contributed by atoms with van der Waals surface area (Å²) in [5, 5.41) is 7.62. The number of halogens is 3. The van der Waals surface area contributed by atoms with Gasteiger partial charge in [0.15, 0.2) is 11.0 Å². The number of rotatable bonds is 9. The van der Waals surface area contributed by atoms with E-state index in [1.54, 1.807) is 4.90 Å². The Morgan fingerprint density at radius 3 is 2.51 bits per heavy atom. The van der Waals surface area contributed by atoms with E-state index in [1.807, 2.05) is 49.4 Å². The van der Waals surface area contributed by atoms with Crippen LogP contribution in [0.2, 0.25) is 0 Å². The molecular weight excluding hydrogens is 605 g/mol. The summed E-state index contributed by atoms with van der Waals surface area (Å²) < 4.78 is 42.6. The molecule has 2 heterocycles. The minimum absolute atomic E-state index is 0.0990. The number of aliphatic imine (C=N–C) groups is 1. The van der Waals surface area contributed by atoms with E-state index in [2.05, 4.69) is 39.0 Å². The Bertz CT molecular complexity index is 1700. The van der Waals surface area contributed by atoms with Crippen molar-refractivity contribution in [2.24, 2.45) is 4.99 Å². The van der Waals surface area contributed by atoms with Gasteiger partial charge < -0.3 is 10.1 Å². The van der Waals surface area contributed by atoms with Gasteiger partial charge in [0, 0.05) is 12.1 Å². The van der Waals surface area contributed by atoms with Crippen molar-refractivity contribution in [3.05, 3.63) is 89.7 Å². The number of nitrogens with zero attached hydrogens (tertiary/aromatic N) is 5. The molecule has 0 saturated carbocycles. The van der Waals surface area contributed by atoms with Crippen LogP contribution in [-0.4, -0.2) is 50.5 Å². The predicted molar refractivity (Wildman–Crippen MR) is 168 cm³/mol. The van der Waals surface area contributed by atoms with E-state index in [9.17, 15) is 22.8 Å². The number of hydrogen-bond acceptors (Lipinski definition) is 6. The summed E-state index contributed by atoms with van der Waals surface area (Å²) in [5.74, 6) is 0.486.